The van der Waals surface area contributed by atoms with Gasteiger partial charge in [-0.15, -0.1) is 11.3 Å². The topological polar surface area (TPSA) is 20.3 Å². The van der Waals surface area contributed by atoms with E-state index < -0.39 is 0 Å². The summed E-state index contributed by atoms with van der Waals surface area (Å²) >= 11 is 5.23. The number of hydrogen-bond donors (Lipinski definition) is 0. The van der Waals surface area contributed by atoms with E-state index in [1.165, 1.54) is 24.1 Å². The van der Waals surface area contributed by atoms with Crippen LogP contribution in [0.3, 0.4) is 0 Å². The lowest BCUT2D eigenvalue weighted by molar-refractivity contribution is -0.134. The monoisotopic (exact) mass is 329 g/mol. The van der Waals surface area contributed by atoms with Crippen LogP contribution in [0.1, 0.15) is 37.0 Å². The fourth-order valence-corrected chi connectivity index (χ4v) is 3.45. The average molecular weight is 330 g/mol. The number of nitrogens with zero attached hydrogens (tertiary/aromatic N) is 1. The van der Waals surface area contributed by atoms with Crippen molar-refractivity contribution in [2.24, 2.45) is 0 Å². The van der Waals surface area contributed by atoms with Gasteiger partial charge in [-0.2, -0.15) is 0 Å². The van der Waals surface area contributed by atoms with Crippen LogP contribution in [0.2, 0.25) is 0 Å². The highest BCUT2D eigenvalue weighted by molar-refractivity contribution is 9.09. The van der Waals surface area contributed by atoms with E-state index >= 15 is 0 Å². The van der Waals surface area contributed by atoms with Crippen LogP contribution in [0.25, 0.3) is 0 Å². The molecule has 0 aromatic carbocycles. The average Bonchev–Trinajstić information content (AvgIpc) is 2.79. The van der Waals surface area contributed by atoms with Crippen LogP contribution >= 0.6 is 27.3 Å². The van der Waals surface area contributed by atoms with Crippen molar-refractivity contribution < 1.29 is 4.79 Å². The summed E-state index contributed by atoms with van der Waals surface area (Å²) in [6.07, 6.45) is 6.39. The zero-order chi connectivity index (χ0) is 12.8. The molecule has 1 fully saturated rings. The second-order valence-electron chi connectivity index (χ2n) is 4.79. The minimum Gasteiger partial charge on any atom is -0.339 e. The first-order valence-corrected chi connectivity index (χ1v) is 8.69. The van der Waals surface area contributed by atoms with Crippen molar-refractivity contribution in [1.82, 2.24) is 4.90 Å². The van der Waals surface area contributed by atoms with Crippen LogP contribution < -0.4 is 0 Å². The third kappa shape index (κ3) is 3.82. The SMILES string of the molecule is O=C(CCCc1cccs1)N(CCBr)C1CCC1. The van der Waals surface area contributed by atoms with E-state index in [1.54, 1.807) is 11.3 Å². The maximum Gasteiger partial charge on any atom is 0.222 e. The summed E-state index contributed by atoms with van der Waals surface area (Å²) in [5.41, 5.74) is 0. The van der Waals surface area contributed by atoms with Gasteiger partial charge in [0.15, 0.2) is 0 Å². The van der Waals surface area contributed by atoms with E-state index in [1.807, 2.05) is 0 Å². The Morgan fingerprint density at radius 3 is 2.89 bits per heavy atom. The lowest BCUT2D eigenvalue weighted by atomic mass is 9.91. The van der Waals surface area contributed by atoms with Gasteiger partial charge in [-0.25, -0.2) is 0 Å². The first kappa shape index (κ1) is 14.1. The Morgan fingerprint density at radius 2 is 2.33 bits per heavy atom. The van der Waals surface area contributed by atoms with Crippen LogP contribution in [0.4, 0.5) is 0 Å². The third-order valence-corrected chi connectivity index (χ3v) is 4.85. The highest BCUT2D eigenvalue weighted by Crippen LogP contribution is 2.25. The molecule has 0 radical (unpaired) electrons. The van der Waals surface area contributed by atoms with E-state index in [2.05, 4.69) is 38.3 Å². The van der Waals surface area contributed by atoms with Gasteiger partial charge in [0.05, 0.1) is 0 Å². The van der Waals surface area contributed by atoms with Gasteiger partial charge in [-0.1, -0.05) is 22.0 Å². The van der Waals surface area contributed by atoms with Crippen molar-refractivity contribution in [1.29, 1.82) is 0 Å². The number of alkyl halides is 1. The number of aryl methyl sites for hydroxylation is 1. The molecule has 1 aliphatic rings. The van der Waals surface area contributed by atoms with Gasteiger partial charge < -0.3 is 4.90 Å². The van der Waals surface area contributed by atoms with Crippen molar-refractivity contribution in [2.75, 3.05) is 11.9 Å². The van der Waals surface area contributed by atoms with E-state index in [-0.39, 0.29) is 0 Å². The first-order chi connectivity index (χ1) is 8.81. The van der Waals surface area contributed by atoms with Gasteiger partial charge in [0.2, 0.25) is 5.91 Å². The third-order valence-electron chi connectivity index (χ3n) is 3.56. The normalized spacial score (nSPS) is 15.4. The second-order valence-corrected chi connectivity index (χ2v) is 6.62. The quantitative estimate of drug-likeness (QED) is 0.696. The summed E-state index contributed by atoms with van der Waals surface area (Å²) in [5, 5.41) is 2.99. The Bertz CT molecular complexity index is 362. The van der Waals surface area contributed by atoms with Gasteiger partial charge in [0.1, 0.15) is 0 Å². The van der Waals surface area contributed by atoms with Crippen molar-refractivity contribution >= 4 is 33.2 Å². The van der Waals surface area contributed by atoms with Gasteiger partial charge in [-0.3, -0.25) is 4.79 Å². The molecule has 1 amide bonds. The summed E-state index contributed by atoms with van der Waals surface area (Å²) in [6, 6.07) is 4.75. The zero-order valence-corrected chi connectivity index (χ0v) is 13.0. The van der Waals surface area contributed by atoms with E-state index in [4.69, 9.17) is 0 Å². The zero-order valence-electron chi connectivity index (χ0n) is 10.6. The number of halogens is 1. The predicted molar refractivity (Wildman–Crippen MR) is 80.4 cm³/mol. The number of hydrogen-bond acceptors (Lipinski definition) is 2. The first-order valence-electron chi connectivity index (χ1n) is 6.69. The van der Waals surface area contributed by atoms with Gasteiger partial charge >= 0.3 is 0 Å². The number of rotatable bonds is 7. The molecule has 1 aromatic heterocycles. The summed E-state index contributed by atoms with van der Waals surface area (Å²) in [6.45, 7) is 0.864. The van der Waals surface area contributed by atoms with E-state index in [0.717, 1.165) is 24.7 Å². The van der Waals surface area contributed by atoms with E-state index in [0.29, 0.717) is 18.4 Å². The predicted octanol–water partition coefficient (Wildman–Crippen LogP) is 3.85. The van der Waals surface area contributed by atoms with Crippen LogP contribution in [0, 0.1) is 0 Å². The van der Waals surface area contributed by atoms with Crippen molar-refractivity contribution in [2.45, 2.75) is 44.6 Å². The molecular formula is C14H20BrNOS. The highest BCUT2D eigenvalue weighted by Gasteiger charge is 2.27. The Hall–Kier alpha value is -0.350. The smallest absolute Gasteiger partial charge is 0.222 e. The lowest BCUT2D eigenvalue weighted by Crippen LogP contribution is -2.45. The second kappa shape index (κ2) is 7.29. The van der Waals surface area contributed by atoms with Gasteiger partial charge in [0.25, 0.3) is 0 Å². The molecule has 0 atom stereocenters. The minimum atomic E-state index is 0.343. The molecule has 1 saturated carbocycles. The molecule has 1 aliphatic carbocycles. The number of carbonyl (C=O) groups is 1. The van der Waals surface area contributed by atoms with Crippen molar-refractivity contribution in [3.05, 3.63) is 22.4 Å². The standard InChI is InChI=1S/C14H20BrNOS/c15-9-10-16(12-4-1-5-12)14(17)8-2-6-13-7-3-11-18-13/h3,7,11-12H,1-2,4-6,8-10H2. The van der Waals surface area contributed by atoms with Crippen LogP contribution in [-0.2, 0) is 11.2 Å². The molecule has 100 valence electrons. The maximum absolute atomic E-state index is 12.2. The van der Waals surface area contributed by atoms with Gasteiger partial charge in [0, 0.05) is 29.2 Å². The van der Waals surface area contributed by atoms with E-state index in [9.17, 15) is 4.79 Å². The molecule has 0 saturated heterocycles. The molecule has 1 heterocycles. The Morgan fingerprint density at radius 1 is 1.50 bits per heavy atom. The highest BCUT2D eigenvalue weighted by atomic mass is 79.9. The molecule has 0 bridgehead atoms. The molecule has 2 rings (SSSR count). The largest absolute Gasteiger partial charge is 0.339 e. The molecular weight excluding hydrogens is 310 g/mol. The lowest BCUT2D eigenvalue weighted by Gasteiger charge is -2.37. The van der Waals surface area contributed by atoms with Crippen LogP contribution in [0.15, 0.2) is 17.5 Å². The summed E-state index contributed by atoms with van der Waals surface area (Å²) in [5.74, 6) is 0.343. The molecule has 0 N–H and O–H groups in total. The van der Waals surface area contributed by atoms with Crippen molar-refractivity contribution in [3.8, 4) is 0 Å². The fraction of sp³-hybridized carbons (Fsp3) is 0.643. The van der Waals surface area contributed by atoms with Crippen molar-refractivity contribution in [3.63, 3.8) is 0 Å². The molecule has 2 nitrogen and oxygen atoms in total. The molecule has 0 aliphatic heterocycles. The molecule has 1 aromatic rings. The molecule has 18 heavy (non-hydrogen) atoms. The maximum atomic E-state index is 12.2. The minimum absolute atomic E-state index is 0.343. The number of carbonyl (C=O) groups excluding carboxylic acids is 1. The Kier molecular flexibility index (Phi) is 5.70. The molecule has 4 heteroatoms. The fourth-order valence-electron chi connectivity index (χ4n) is 2.31. The molecule has 0 unspecified atom stereocenters. The number of amides is 1. The van der Waals surface area contributed by atoms with Crippen LogP contribution in [0.5, 0.6) is 0 Å². The van der Waals surface area contributed by atoms with Gasteiger partial charge in [-0.05, 0) is 43.6 Å². The van der Waals surface area contributed by atoms with Crippen LogP contribution in [-0.4, -0.2) is 28.7 Å². The Labute approximate surface area is 122 Å². The summed E-state index contributed by atoms with van der Waals surface area (Å²) < 4.78 is 0. The Balaban J connectivity index is 1.74. The molecule has 0 spiro atoms. The summed E-state index contributed by atoms with van der Waals surface area (Å²) in [4.78, 5) is 15.7. The summed E-state index contributed by atoms with van der Waals surface area (Å²) in [7, 11) is 0. The number of thiophene rings is 1.